The van der Waals surface area contributed by atoms with Crippen LogP contribution in [0.1, 0.15) is 0 Å². The fourth-order valence-electron chi connectivity index (χ4n) is 0.559. The van der Waals surface area contributed by atoms with Crippen LogP contribution in [-0.4, -0.2) is 40.8 Å². The van der Waals surface area contributed by atoms with Crippen LogP contribution < -0.4 is 0 Å². The van der Waals surface area contributed by atoms with Crippen molar-refractivity contribution >= 4 is 0 Å². The number of H-pyrrole nitrogens is 3. The molecule has 0 bridgehead atoms. The van der Waals surface area contributed by atoms with E-state index in [9.17, 15) is 0 Å². The number of rotatable bonds is 0. The van der Waals surface area contributed by atoms with Gasteiger partial charge in [-0.3, -0.25) is 5.10 Å². The summed E-state index contributed by atoms with van der Waals surface area (Å²) in [5, 5.41) is 18.4. The molecule has 0 aromatic carbocycles. The Kier molecular flexibility index (Phi) is 5.71. The maximum Gasteiger partial charge on any atom is 0.161 e. The van der Waals surface area contributed by atoms with Crippen molar-refractivity contribution in [1.29, 1.82) is 0 Å². The first-order valence-corrected chi connectivity index (χ1v) is 4.03. The Morgan fingerprint density at radius 3 is 2.20 bits per heavy atom. The van der Waals surface area contributed by atoms with Crippen LogP contribution in [0.3, 0.4) is 0 Å². The van der Waals surface area contributed by atoms with Crippen molar-refractivity contribution in [2.24, 2.45) is 0 Å². The largest absolute Gasteiger partial charge is 0.351 e. The molecule has 3 aromatic rings. The third-order valence-corrected chi connectivity index (χ3v) is 1.08. The lowest BCUT2D eigenvalue weighted by molar-refractivity contribution is 0.881. The van der Waals surface area contributed by atoms with Crippen LogP contribution in [0.4, 0.5) is 0 Å². The molecule has 0 aliphatic heterocycles. The smallest absolute Gasteiger partial charge is 0.161 e. The highest BCUT2D eigenvalue weighted by molar-refractivity contribution is 4.72. The zero-order valence-corrected chi connectivity index (χ0v) is 7.78. The highest BCUT2D eigenvalue weighted by Gasteiger charge is 1.58. The standard InChI is InChI=1S/2C3H4N2.CH2N4/c1-2-5-3-4-1;2*1-2-4-5-3-1/h2*1-3H,(H,4,5);1H,(H,2,3,4,5). The van der Waals surface area contributed by atoms with Gasteiger partial charge in [0, 0.05) is 24.8 Å². The number of tetrazole rings is 1. The molecule has 0 saturated carbocycles. The van der Waals surface area contributed by atoms with Gasteiger partial charge in [0.05, 0.1) is 6.33 Å². The molecule has 78 valence electrons. The Morgan fingerprint density at radius 1 is 1.00 bits per heavy atom. The molecule has 3 aromatic heterocycles. The number of hydrogen-bond acceptors (Lipinski definition) is 5. The number of hydrogen-bond donors (Lipinski definition) is 3. The molecule has 3 rings (SSSR count). The second-order valence-corrected chi connectivity index (χ2v) is 2.09. The molecule has 0 unspecified atom stereocenters. The summed E-state index contributed by atoms with van der Waals surface area (Å²) in [6, 6.07) is 1.83. The van der Waals surface area contributed by atoms with Gasteiger partial charge in [-0.1, -0.05) is 5.21 Å². The number of aromatic amines is 3. The molecule has 8 heteroatoms. The molecule has 0 aliphatic carbocycles. The van der Waals surface area contributed by atoms with E-state index in [4.69, 9.17) is 0 Å². The van der Waals surface area contributed by atoms with Crippen LogP contribution in [0.25, 0.3) is 0 Å². The molecule has 0 atom stereocenters. The van der Waals surface area contributed by atoms with Crippen molar-refractivity contribution in [1.82, 2.24) is 40.8 Å². The third-order valence-electron chi connectivity index (χ3n) is 1.08. The average molecular weight is 206 g/mol. The Bertz CT molecular complexity index is 247. The molecule has 0 spiro atoms. The molecule has 8 nitrogen and oxygen atoms in total. The van der Waals surface area contributed by atoms with E-state index in [1.807, 2.05) is 6.07 Å². The van der Waals surface area contributed by atoms with Crippen molar-refractivity contribution in [3.05, 3.63) is 43.5 Å². The fourth-order valence-corrected chi connectivity index (χ4v) is 0.559. The SMILES string of the molecule is c1c[nH]cn1.c1cn[nH]c1.c1nn[nH]n1. The predicted octanol–water partition coefficient (Wildman–Crippen LogP) is 0.0191. The van der Waals surface area contributed by atoms with Crippen LogP contribution in [0.2, 0.25) is 0 Å². The summed E-state index contributed by atoms with van der Waals surface area (Å²) in [6.45, 7) is 0. The Hall–Kier alpha value is -2.51. The summed E-state index contributed by atoms with van der Waals surface area (Å²) >= 11 is 0. The summed E-state index contributed by atoms with van der Waals surface area (Å²) < 4.78 is 0. The van der Waals surface area contributed by atoms with Crippen LogP contribution in [0.15, 0.2) is 43.5 Å². The van der Waals surface area contributed by atoms with Crippen molar-refractivity contribution < 1.29 is 0 Å². The lowest BCUT2D eigenvalue weighted by atomic mass is 10.8. The maximum atomic E-state index is 3.67. The number of nitrogens with one attached hydrogen (secondary N) is 3. The van der Waals surface area contributed by atoms with E-state index in [0.717, 1.165) is 0 Å². The van der Waals surface area contributed by atoms with Gasteiger partial charge in [0.15, 0.2) is 6.33 Å². The van der Waals surface area contributed by atoms with Crippen LogP contribution in [0, 0.1) is 0 Å². The lowest BCUT2D eigenvalue weighted by Crippen LogP contribution is -1.64. The molecular formula is C7H10N8. The van der Waals surface area contributed by atoms with E-state index in [1.54, 1.807) is 31.1 Å². The normalized spacial score (nSPS) is 8.00. The highest BCUT2D eigenvalue weighted by Crippen LogP contribution is 1.64. The predicted molar refractivity (Wildman–Crippen MR) is 51.4 cm³/mol. The monoisotopic (exact) mass is 206 g/mol. The summed E-state index contributed by atoms with van der Waals surface area (Å²) in [6.07, 6.45) is 9.88. The first-order valence-electron chi connectivity index (χ1n) is 4.03. The first kappa shape index (κ1) is 10.6. The molecule has 0 fully saturated rings. The minimum atomic E-state index is 1.33. The van der Waals surface area contributed by atoms with Gasteiger partial charge < -0.3 is 4.98 Å². The van der Waals surface area contributed by atoms with Gasteiger partial charge in [0.1, 0.15) is 0 Å². The molecule has 0 aliphatic rings. The van der Waals surface area contributed by atoms with Crippen LogP contribution in [0.5, 0.6) is 0 Å². The third kappa shape index (κ3) is 6.63. The van der Waals surface area contributed by atoms with Gasteiger partial charge in [-0.25, -0.2) is 4.98 Å². The van der Waals surface area contributed by atoms with Crippen molar-refractivity contribution in [2.45, 2.75) is 0 Å². The minimum absolute atomic E-state index is 1.33. The van der Waals surface area contributed by atoms with Gasteiger partial charge >= 0.3 is 0 Å². The number of nitrogens with zero attached hydrogens (tertiary/aromatic N) is 5. The van der Waals surface area contributed by atoms with Crippen molar-refractivity contribution in [3.8, 4) is 0 Å². The summed E-state index contributed by atoms with van der Waals surface area (Å²) in [7, 11) is 0. The fraction of sp³-hybridized carbons (Fsp3) is 0. The van der Waals surface area contributed by atoms with Gasteiger partial charge in [-0.2, -0.15) is 10.3 Å². The molecular weight excluding hydrogens is 196 g/mol. The molecule has 3 heterocycles. The van der Waals surface area contributed by atoms with E-state index in [2.05, 4.69) is 40.8 Å². The van der Waals surface area contributed by atoms with E-state index < -0.39 is 0 Å². The quantitative estimate of drug-likeness (QED) is 0.480. The van der Waals surface area contributed by atoms with E-state index in [0.29, 0.717) is 0 Å². The van der Waals surface area contributed by atoms with Crippen LogP contribution in [-0.2, 0) is 0 Å². The lowest BCUT2D eigenvalue weighted by Gasteiger charge is -1.49. The zero-order valence-electron chi connectivity index (χ0n) is 7.78. The van der Waals surface area contributed by atoms with E-state index in [1.165, 1.54) is 6.33 Å². The molecule has 0 saturated heterocycles. The van der Waals surface area contributed by atoms with Crippen molar-refractivity contribution in [3.63, 3.8) is 0 Å². The second-order valence-electron chi connectivity index (χ2n) is 2.09. The maximum absolute atomic E-state index is 3.67. The van der Waals surface area contributed by atoms with Gasteiger partial charge in [-0.15, -0.1) is 10.2 Å². The van der Waals surface area contributed by atoms with E-state index in [-0.39, 0.29) is 0 Å². The Labute approximate surface area is 85.2 Å². The highest BCUT2D eigenvalue weighted by atomic mass is 15.5. The topological polar surface area (TPSA) is 112 Å². The van der Waals surface area contributed by atoms with Gasteiger partial charge in [0.25, 0.3) is 0 Å². The molecule has 15 heavy (non-hydrogen) atoms. The van der Waals surface area contributed by atoms with Gasteiger partial charge in [0.2, 0.25) is 0 Å². The summed E-state index contributed by atoms with van der Waals surface area (Å²) in [5.74, 6) is 0. The van der Waals surface area contributed by atoms with Gasteiger partial charge in [-0.05, 0) is 6.07 Å². The first-order chi connectivity index (χ1) is 7.50. The summed E-state index contributed by atoms with van der Waals surface area (Å²) in [4.78, 5) is 6.42. The Balaban J connectivity index is 0.000000112. The summed E-state index contributed by atoms with van der Waals surface area (Å²) in [5.41, 5.74) is 0. The number of aromatic nitrogens is 8. The second kappa shape index (κ2) is 8.10. The Morgan fingerprint density at radius 2 is 2.00 bits per heavy atom. The molecule has 3 N–H and O–H groups in total. The zero-order chi connectivity index (χ0) is 10.6. The average Bonchev–Trinajstić information content (AvgIpc) is 3.09. The number of imidazole rings is 1. The molecule has 0 amide bonds. The molecule has 0 radical (unpaired) electrons. The van der Waals surface area contributed by atoms with Crippen LogP contribution >= 0.6 is 0 Å². The van der Waals surface area contributed by atoms with Crippen molar-refractivity contribution in [2.75, 3.05) is 0 Å². The minimum Gasteiger partial charge on any atom is -0.351 e. The van der Waals surface area contributed by atoms with E-state index >= 15 is 0 Å².